The van der Waals surface area contributed by atoms with Crippen LogP contribution >= 0.6 is 24.4 Å². The quantitative estimate of drug-likeness (QED) is 0.818. The van der Waals surface area contributed by atoms with Crippen LogP contribution in [0.25, 0.3) is 0 Å². The molecule has 0 spiro atoms. The summed E-state index contributed by atoms with van der Waals surface area (Å²) in [5.74, 6) is 0.0685. The molecule has 1 N–H and O–H groups in total. The summed E-state index contributed by atoms with van der Waals surface area (Å²) in [5, 5.41) is 3.59. The molecule has 3 atom stereocenters. The molecule has 1 saturated carbocycles. The van der Waals surface area contributed by atoms with Crippen molar-refractivity contribution in [2.45, 2.75) is 42.2 Å². The maximum absolute atomic E-state index is 12.1. The summed E-state index contributed by atoms with van der Waals surface area (Å²) in [6, 6.07) is 10.4. The SMILES string of the molecule is CSC1CCC(NC(=O)C(S)Cc2ccccc2)C1. The highest BCUT2D eigenvalue weighted by atomic mass is 32.2. The summed E-state index contributed by atoms with van der Waals surface area (Å²) in [4.78, 5) is 12.1. The van der Waals surface area contributed by atoms with Crippen LogP contribution in [0.15, 0.2) is 30.3 Å². The van der Waals surface area contributed by atoms with E-state index in [0.717, 1.165) is 18.4 Å². The van der Waals surface area contributed by atoms with E-state index in [9.17, 15) is 4.79 Å². The molecule has 1 aliphatic carbocycles. The van der Waals surface area contributed by atoms with Crippen molar-refractivity contribution in [1.29, 1.82) is 0 Å². The lowest BCUT2D eigenvalue weighted by molar-refractivity contribution is -0.121. The van der Waals surface area contributed by atoms with Gasteiger partial charge < -0.3 is 5.32 Å². The molecular weight excluding hydrogens is 274 g/mol. The molecule has 1 fully saturated rings. The van der Waals surface area contributed by atoms with Crippen LogP contribution in [0.3, 0.4) is 0 Å². The molecule has 2 rings (SSSR count). The highest BCUT2D eigenvalue weighted by molar-refractivity contribution is 7.99. The van der Waals surface area contributed by atoms with E-state index < -0.39 is 0 Å². The molecule has 0 radical (unpaired) electrons. The minimum Gasteiger partial charge on any atom is -0.352 e. The Balaban J connectivity index is 1.80. The van der Waals surface area contributed by atoms with Gasteiger partial charge in [0.05, 0.1) is 5.25 Å². The second-order valence-electron chi connectivity index (χ2n) is 5.08. The number of nitrogens with one attached hydrogen (secondary N) is 1. The van der Waals surface area contributed by atoms with Crippen LogP contribution in [0.1, 0.15) is 24.8 Å². The summed E-state index contributed by atoms with van der Waals surface area (Å²) in [6.45, 7) is 0. The number of carbonyl (C=O) groups excluding carboxylic acids is 1. The van der Waals surface area contributed by atoms with Crippen LogP contribution in [0, 0.1) is 0 Å². The largest absolute Gasteiger partial charge is 0.352 e. The Morgan fingerprint density at radius 3 is 2.79 bits per heavy atom. The summed E-state index contributed by atoms with van der Waals surface area (Å²) in [7, 11) is 0. The molecule has 19 heavy (non-hydrogen) atoms. The fourth-order valence-electron chi connectivity index (χ4n) is 2.51. The number of thioether (sulfide) groups is 1. The molecular formula is C15H21NOS2. The molecule has 0 saturated heterocycles. The zero-order valence-corrected chi connectivity index (χ0v) is 12.9. The Morgan fingerprint density at radius 2 is 2.16 bits per heavy atom. The predicted octanol–water partition coefficient (Wildman–Crippen LogP) is 2.93. The van der Waals surface area contributed by atoms with Gasteiger partial charge in [0.2, 0.25) is 5.91 Å². The summed E-state index contributed by atoms with van der Waals surface area (Å²) in [6.07, 6.45) is 6.24. The molecule has 0 heterocycles. The van der Waals surface area contributed by atoms with Crippen molar-refractivity contribution in [2.75, 3.05) is 6.26 Å². The van der Waals surface area contributed by atoms with Crippen LogP contribution in [-0.2, 0) is 11.2 Å². The van der Waals surface area contributed by atoms with Crippen LogP contribution in [0.4, 0.5) is 0 Å². The topological polar surface area (TPSA) is 29.1 Å². The van der Waals surface area contributed by atoms with Crippen molar-refractivity contribution in [3.63, 3.8) is 0 Å². The van der Waals surface area contributed by atoms with Crippen molar-refractivity contribution >= 4 is 30.3 Å². The monoisotopic (exact) mass is 295 g/mol. The first-order valence-corrected chi connectivity index (χ1v) is 8.54. The second-order valence-corrected chi connectivity index (χ2v) is 6.84. The smallest absolute Gasteiger partial charge is 0.233 e. The Bertz CT molecular complexity index is 410. The first-order chi connectivity index (χ1) is 9.19. The number of amides is 1. The third kappa shape index (κ3) is 4.46. The molecule has 0 bridgehead atoms. The molecule has 0 aromatic heterocycles. The second kappa shape index (κ2) is 7.25. The van der Waals surface area contributed by atoms with Crippen molar-refractivity contribution in [2.24, 2.45) is 0 Å². The van der Waals surface area contributed by atoms with E-state index in [-0.39, 0.29) is 11.2 Å². The molecule has 1 aliphatic rings. The summed E-state index contributed by atoms with van der Waals surface area (Å²) in [5.41, 5.74) is 1.16. The first kappa shape index (κ1) is 14.8. The average Bonchev–Trinajstić information content (AvgIpc) is 2.87. The summed E-state index contributed by atoms with van der Waals surface area (Å²) < 4.78 is 0. The van der Waals surface area contributed by atoms with Gasteiger partial charge in [0.25, 0.3) is 0 Å². The number of benzene rings is 1. The Kier molecular flexibility index (Phi) is 5.64. The normalized spacial score (nSPS) is 24.1. The minimum atomic E-state index is -0.254. The lowest BCUT2D eigenvalue weighted by atomic mass is 10.1. The lowest BCUT2D eigenvalue weighted by Gasteiger charge is -2.16. The number of rotatable bonds is 5. The van der Waals surface area contributed by atoms with Gasteiger partial charge in [0.15, 0.2) is 0 Å². The molecule has 2 nitrogen and oxygen atoms in total. The number of carbonyl (C=O) groups is 1. The van der Waals surface area contributed by atoms with E-state index in [1.165, 1.54) is 6.42 Å². The fourth-order valence-corrected chi connectivity index (χ4v) is 3.59. The highest BCUT2D eigenvalue weighted by Gasteiger charge is 2.26. The van der Waals surface area contributed by atoms with Crippen LogP contribution in [-0.4, -0.2) is 28.7 Å². The van der Waals surface area contributed by atoms with Gasteiger partial charge in [-0.2, -0.15) is 24.4 Å². The van der Waals surface area contributed by atoms with E-state index in [0.29, 0.717) is 17.7 Å². The number of hydrogen-bond acceptors (Lipinski definition) is 3. The van der Waals surface area contributed by atoms with Crippen molar-refractivity contribution in [3.8, 4) is 0 Å². The van der Waals surface area contributed by atoms with Crippen LogP contribution < -0.4 is 5.32 Å². The van der Waals surface area contributed by atoms with Gasteiger partial charge in [0.1, 0.15) is 0 Å². The maximum Gasteiger partial charge on any atom is 0.233 e. The molecule has 3 unspecified atom stereocenters. The zero-order valence-electron chi connectivity index (χ0n) is 11.2. The van der Waals surface area contributed by atoms with Gasteiger partial charge >= 0.3 is 0 Å². The number of hydrogen-bond donors (Lipinski definition) is 2. The van der Waals surface area contributed by atoms with E-state index in [2.05, 4.69) is 24.2 Å². The Morgan fingerprint density at radius 1 is 1.42 bits per heavy atom. The number of thiol groups is 1. The molecule has 1 aromatic rings. The van der Waals surface area contributed by atoms with Gasteiger partial charge in [-0.05, 0) is 37.5 Å². The Labute approximate surface area is 125 Å². The third-order valence-electron chi connectivity index (χ3n) is 3.64. The highest BCUT2D eigenvalue weighted by Crippen LogP contribution is 2.28. The van der Waals surface area contributed by atoms with Crippen molar-refractivity contribution < 1.29 is 4.79 Å². The molecule has 104 valence electrons. The minimum absolute atomic E-state index is 0.0685. The van der Waals surface area contributed by atoms with Gasteiger partial charge in [-0.3, -0.25) is 4.79 Å². The van der Waals surface area contributed by atoms with E-state index in [1.807, 2.05) is 42.1 Å². The van der Waals surface area contributed by atoms with Gasteiger partial charge in [0, 0.05) is 11.3 Å². The summed E-state index contributed by atoms with van der Waals surface area (Å²) >= 11 is 6.34. The van der Waals surface area contributed by atoms with Crippen LogP contribution in [0.5, 0.6) is 0 Å². The van der Waals surface area contributed by atoms with Crippen molar-refractivity contribution in [1.82, 2.24) is 5.32 Å². The van der Waals surface area contributed by atoms with Gasteiger partial charge in [-0.1, -0.05) is 30.3 Å². The molecule has 1 amide bonds. The molecule has 1 aromatic carbocycles. The van der Waals surface area contributed by atoms with Gasteiger partial charge in [-0.25, -0.2) is 0 Å². The van der Waals surface area contributed by atoms with Crippen molar-refractivity contribution in [3.05, 3.63) is 35.9 Å². The fraction of sp³-hybridized carbons (Fsp3) is 0.533. The standard InChI is InChI=1S/C15H21NOS2/c1-19-13-8-7-12(10-13)16-15(17)14(18)9-11-5-3-2-4-6-11/h2-6,12-14,18H,7-10H2,1H3,(H,16,17). The van der Waals surface area contributed by atoms with E-state index >= 15 is 0 Å². The van der Waals surface area contributed by atoms with E-state index in [1.54, 1.807) is 0 Å². The van der Waals surface area contributed by atoms with Gasteiger partial charge in [-0.15, -0.1) is 0 Å². The lowest BCUT2D eigenvalue weighted by Crippen LogP contribution is -2.39. The first-order valence-electron chi connectivity index (χ1n) is 6.74. The van der Waals surface area contributed by atoms with Crippen LogP contribution in [0.2, 0.25) is 0 Å². The zero-order chi connectivity index (χ0) is 13.7. The molecule has 4 heteroatoms. The van der Waals surface area contributed by atoms with E-state index in [4.69, 9.17) is 0 Å². The Hall–Kier alpha value is -0.610. The third-order valence-corrected chi connectivity index (χ3v) is 5.15. The molecule has 0 aliphatic heterocycles. The average molecular weight is 295 g/mol. The maximum atomic E-state index is 12.1. The predicted molar refractivity (Wildman–Crippen MR) is 86.0 cm³/mol.